The Bertz CT molecular complexity index is 1080. The lowest BCUT2D eigenvalue weighted by Gasteiger charge is -2.33. The van der Waals surface area contributed by atoms with Crippen molar-refractivity contribution in [1.82, 2.24) is 8.75 Å². The minimum absolute atomic E-state index is 0.203. The minimum Gasteiger partial charge on any atom is -0.365 e. The number of aromatic nitrogens is 2. The number of thiophene rings is 1. The number of hydrogen-bond acceptors (Lipinski definition) is 6. The summed E-state index contributed by atoms with van der Waals surface area (Å²) < 4.78 is 8.33. The summed E-state index contributed by atoms with van der Waals surface area (Å²) in [6, 6.07) is 5.20. The molecule has 1 aromatic carbocycles. The zero-order valence-corrected chi connectivity index (χ0v) is 17.7. The predicted molar refractivity (Wildman–Crippen MR) is 113 cm³/mol. The molecule has 2 amide bonds. The van der Waals surface area contributed by atoms with Crippen molar-refractivity contribution < 1.29 is 9.59 Å². The quantitative estimate of drug-likeness (QED) is 0.669. The molecule has 1 unspecified atom stereocenters. The van der Waals surface area contributed by atoms with E-state index in [2.05, 4.69) is 34.8 Å². The fourth-order valence-corrected chi connectivity index (χ4v) is 5.62. The average molecular weight is 415 g/mol. The monoisotopic (exact) mass is 414 g/mol. The average Bonchev–Trinajstić information content (AvgIpc) is 3.23. The van der Waals surface area contributed by atoms with E-state index in [-0.39, 0.29) is 11.3 Å². The Hall–Kier alpha value is -2.32. The first kappa shape index (κ1) is 19.0. The molecule has 8 heteroatoms. The second-order valence-electron chi connectivity index (χ2n) is 8.30. The summed E-state index contributed by atoms with van der Waals surface area (Å²) in [4.78, 5) is 26.1. The van der Waals surface area contributed by atoms with Crippen LogP contribution in [0.4, 0.5) is 5.00 Å². The SMILES string of the molecule is CC(C)(C)C1CCc2c(sc(NC(=O)c3ccc4nsnc4c3)c2C(N)=O)C1. The predicted octanol–water partition coefficient (Wildman–Crippen LogP) is 4.26. The van der Waals surface area contributed by atoms with Crippen LogP contribution in [-0.4, -0.2) is 20.6 Å². The molecule has 0 radical (unpaired) electrons. The Morgan fingerprint density at radius 2 is 1.96 bits per heavy atom. The van der Waals surface area contributed by atoms with E-state index in [1.54, 1.807) is 18.2 Å². The number of carbonyl (C=O) groups excluding carboxylic acids is 2. The summed E-state index contributed by atoms with van der Waals surface area (Å²) in [7, 11) is 0. The first-order chi connectivity index (χ1) is 13.2. The van der Waals surface area contributed by atoms with Crippen LogP contribution in [0.25, 0.3) is 11.0 Å². The largest absolute Gasteiger partial charge is 0.365 e. The molecule has 6 nitrogen and oxygen atoms in total. The van der Waals surface area contributed by atoms with E-state index < -0.39 is 5.91 Å². The summed E-state index contributed by atoms with van der Waals surface area (Å²) in [5.74, 6) is -0.216. The Kier molecular flexibility index (Phi) is 4.71. The van der Waals surface area contributed by atoms with Crippen molar-refractivity contribution >= 4 is 50.9 Å². The molecule has 1 aliphatic rings. The van der Waals surface area contributed by atoms with E-state index in [1.165, 1.54) is 11.3 Å². The molecule has 28 heavy (non-hydrogen) atoms. The van der Waals surface area contributed by atoms with Crippen molar-refractivity contribution in [2.45, 2.75) is 40.0 Å². The third kappa shape index (κ3) is 3.42. The van der Waals surface area contributed by atoms with E-state index >= 15 is 0 Å². The summed E-state index contributed by atoms with van der Waals surface area (Å²) in [6.45, 7) is 6.74. The second-order valence-corrected chi connectivity index (χ2v) is 9.93. The topological polar surface area (TPSA) is 98.0 Å². The van der Waals surface area contributed by atoms with E-state index in [9.17, 15) is 9.59 Å². The molecule has 0 fully saturated rings. The number of amides is 2. The molecule has 2 heterocycles. The van der Waals surface area contributed by atoms with Crippen LogP contribution < -0.4 is 11.1 Å². The van der Waals surface area contributed by atoms with Gasteiger partial charge in [-0.25, -0.2) is 0 Å². The summed E-state index contributed by atoms with van der Waals surface area (Å²) >= 11 is 2.59. The summed E-state index contributed by atoms with van der Waals surface area (Å²) in [5, 5.41) is 3.46. The molecule has 1 atom stereocenters. The minimum atomic E-state index is -0.485. The van der Waals surface area contributed by atoms with Gasteiger partial charge in [0, 0.05) is 10.4 Å². The molecule has 2 aromatic heterocycles. The van der Waals surface area contributed by atoms with Crippen LogP contribution in [0.5, 0.6) is 0 Å². The van der Waals surface area contributed by atoms with Crippen molar-refractivity contribution in [1.29, 1.82) is 0 Å². The van der Waals surface area contributed by atoms with Crippen LogP contribution in [0, 0.1) is 11.3 Å². The number of anilines is 1. The van der Waals surface area contributed by atoms with Gasteiger partial charge in [0.25, 0.3) is 11.8 Å². The summed E-state index contributed by atoms with van der Waals surface area (Å²) in [6.07, 6.45) is 2.75. The van der Waals surface area contributed by atoms with Gasteiger partial charge >= 0.3 is 0 Å². The first-order valence-corrected chi connectivity index (χ1v) is 10.8. The Labute approximate surface area is 171 Å². The zero-order valence-electron chi connectivity index (χ0n) is 16.0. The third-order valence-electron chi connectivity index (χ3n) is 5.48. The normalized spacial score (nSPS) is 16.8. The molecule has 3 aromatic rings. The van der Waals surface area contributed by atoms with Crippen molar-refractivity contribution in [3.05, 3.63) is 39.8 Å². The van der Waals surface area contributed by atoms with Gasteiger partial charge in [-0.3, -0.25) is 9.59 Å². The molecule has 0 spiro atoms. The van der Waals surface area contributed by atoms with Gasteiger partial charge in [-0.2, -0.15) is 8.75 Å². The highest BCUT2D eigenvalue weighted by Crippen LogP contribution is 2.44. The van der Waals surface area contributed by atoms with Crippen molar-refractivity contribution in [3.8, 4) is 0 Å². The molecular weight excluding hydrogens is 392 g/mol. The molecular formula is C20H22N4O2S2. The fourth-order valence-electron chi connectivity index (χ4n) is 3.77. The van der Waals surface area contributed by atoms with Gasteiger partial charge in [-0.1, -0.05) is 20.8 Å². The molecule has 0 aliphatic heterocycles. The van der Waals surface area contributed by atoms with Crippen molar-refractivity contribution in [2.75, 3.05) is 5.32 Å². The van der Waals surface area contributed by atoms with E-state index in [0.29, 0.717) is 27.6 Å². The van der Waals surface area contributed by atoms with E-state index in [1.807, 2.05) is 0 Å². The van der Waals surface area contributed by atoms with E-state index in [4.69, 9.17) is 5.73 Å². The van der Waals surface area contributed by atoms with Crippen LogP contribution in [0.15, 0.2) is 18.2 Å². The lowest BCUT2D eigenvalue weighted by molar-refractivity contribution is 0.1000. The maximum atomic E-state index is 12.8. The molecule has 4 rings (SSSR count). The molecule has 0 saturated carbocycles. The zero-order chi connectivity index (χ0) is 20.1. The maximum Gasteiger partial charge on any atom is 0.256 e. The fraction of sp³-hybridized carbons (Fsp3) is 0.400. The van der Waals surface area contributed by atoms with Gasteiger partial charge < -0.3 is 11.1 Å². The maximum absolute atomic E-state index is 12.8. The van der Waals surface area contributed by atoms with Crippen LogP contribution in [-0.2, 0) is 12.8 Å². The second kappa shape index (κ2) is 6.93. The van der Waals surface area contributed by atoms with Gasteiger partial charge in [0.1, 0.15) is 16.0 Å². The molecule has 1 aliphatic carbocycles. The number of carbonyl (C=O) groups is 2. The third-order valence-corrected chi connectivity index (χ3v) is 7.21. The van der Waals surface area contributed by atoms with Crippen LogP contribution >= 0.6 is 23.1 Å². The number of hydrogen-bond donors (Lipinski definition) is 2. The lowest BCUT2D eigenvalue weighted by Crippen LogP contribution is -2.27. The number of nitrogens with two attached hydrogens (primary N) is 1. The van der Waals surface area contributed by atoms with Crippen LogP contribution in [0.2, 0.25) is 0 Å². The van der Waals surface area contributed by atoms with E-state index in [0.717, 1.165) is 46.9 Å². The van der Waals surface area contributed by atoms with Crippen LogP contribution in [0.1, 0.15) is 58.3 Å². The number of primary amides is 1. The number of rotatable bonds is 3. The number of nitrogens with zero attached hydrogens (tertiary/aromatic N) is 2. The van der Waals surface area contributed by atoms with Gasteiger partial charge in [0.05, 0.1) is 17.3 Å². The number of benzene rings is 1. The smallest absolute Gasteiger partial charge is 0.256 e. The highest BCUT2D eigenvalue weighted by Gasteiger charge is 2.33. The van der Waals surface area contributed by atoms with Gasteiger partial charge in [0.15, 0.2) is 0 Å². The Morgan fingerprint density at radius 3 is 2.68 bits per heavy atom. The number of fused-ring (bicyclic) bond motifs is 2. The van der Waals surface area contributed by atoms with Crippen molar-refractivity contribution in [3.63, 3.8) is 0 Å². The summed E-state index contributed by atoms with van der Waals surface area (Å²) in [5.41, 5.74) is 9.29. The Balaban J connectivity index is 1.65. The van der Waals surface area contributed by atoms with Gasteiger partial charge in [-0.05, 0) is 54.4 Å². The molecule has 0 saturated heterocycles. The first-order valence-electron chi connectivity index (χ1n) is 9.22. The highest BCUT2D eigenvalue weighted by molar-refractivity contribution is 7.17. The lowest BCUT2D eigenvalue weighted by atomic mass is 9.72. The highest BCUT2D eigenvalue weighted by atomic mass is 32.1. The van der Waals surface area contributed by atoms with Crippen molar-refractivity contribution in [2.24, 2.45) is 17.1 Å². The molecule has 0 bridgehead atoms. The number of nitrogens with one attached hydrogen (secondary N) is 1. The Morgan fingerprint density at radius 1 is 1.21 bits per heavy atom. The molecule has 146 valence electrons. The van der Waals surface area contributed by atoms with Gasteiger partial charge in [-0.15, -0.1) is 11.3 Å². The van der Waals surface area contributed by atoms with Gasteiger partial charge in [0.2, 0.25) is 0 Å². The standard InChI is InChI=1S/C20H22N4O2S2/c1-20(2,3)11-5-6-12-15(9-11)27-19(16(12)17(21)25)22-18(26)10-4-7-13-14(8-10)24-28-23-13/h4,7-8,11H,5-6,9H2,1-3H3,(H2,21,25)(H,22,26). The van der Waals surface area contributed by atoms with Crippen LogP contribution in [0.3, 0.4) is 0 Å². The molecule has 3 N–H and O–H groups in total.